The lowest BCUT2D eigenvalue weighted by atomic mass is 10.1. The summed E-state index contributed by atoms with van der Waals surface area (Å²) in [6, 6.07) is 30.9. The first-order valence-corrected chi connectivity index (χ1v) is 12.4. The van der Waals surface area contributed by atoms with Crippen molar-refractivity contribution in [2.24, 2.45) is 0 Å². The van der Waals surface area contributed by atoms with Gasteiger partial charge in [-0.15, -0.1) is 11.8 Å². The molecule has 0 saturated carbocycles. The quantitative estimate of drug-likeness (QED) is 0.272. The Bertz CT molecular complexity index is 1350. The number of benzene rings is 4. The lowest BCUT2D eigenvalue weighted by Crippen LogP contribution is -2.19. The summed E-state index contributed by atoms with van der Waals surface area (Å²) < 4.78 is 0. The molecule has 0 aromatic heterocycles. The molecule has 5 heteroatoms. The predicted molar refractivity (Wildman–Crippen MR) is 145 cm³/mol. The van der Waals surface area contributed by atoms with E-state index >= 15 is 0 Å². The van der Waals surface area contributed by atoms with Crippen molar-refractivity contribution in [1.29, 1.82) is 0 Å². The van der Waals surface area contributed by atoms with Crippen molar-refractivity contribution < 1.29 is 9.59 Å². The van der Waals surface area contributed by atoms with E-state index in [1.165, 1.54) is 11.8 Å². The highest BCUT2D eigenvalue weighted by Gasteiger charge is 2.23. The molecule has 4 aromatic carbocycles. The van der Waals surface area contributed by atoms with Crippen LogP contribution in [0.15, 0.2) is 102 Å². The minimum absolute atomic E-state index is 0.0933. The van der Waals surface area contributed by atoms with Crippen LogP contribution in [0.3, 0.4) is 0 Å². The number of aryl methyl sites for hydroxylation is 3. The number of thioether (sulfide) groups is 1. The van der Waals surface area contributed by atoms with Crippen LogP contribution < -0.4 is 10.6 Å². The molecule has 4 nitrogen and oxygen atoms in total. The highest BCUT2D eigenvalue weighted by molar-refractivity contribution is 8.00. The summed E-state index contributed by atoms with van der Waals surface area (Å²) in [5, 5.41) is 5.64. The van der Waals surface area contributed by atoms with Gasteiger partial charge in [0.05, 0.1) is 0 Å². The molecule has 1 unspecified atom stereocenters. The third-order valence-electron chi connectivity index (χ3n) is 5.73. The molecule has 4 rings (SSSR count). The van der Waals surface area contributed by atoms with Gasteiger partial charge in [-0.1, -0.05) is 66.7 Å². The molecule has 0 aliphatic carbocycles. The van der Waals surface area contributed by atoms with Crippen molar-refractivity contribution in [3.63, 3.8) is 0 Å². The maximum absolute atomic E-state index is 13.5. The van der Waals surface area contributed by atoms with Crippen molar-refractivity contribution in [3.8, 4) is 0 Å². The van der Waals surface area contributed by atoms with E-state index < -0.39 is 5.25 Å². The lowest BCUT2D eigenvalue weighted by molar-refractivity contribution is -0.115. The van der Waals surface area contributed by atoms with Gasteiger partial charge in [0, 0.05) is 21.8 Å². The lowest BCUT2D eigenvalue weighted by Gasteiger charge is -2.19. The first kappa shape index (κ1) is 24.3. The van der Waals surface area contributed by atoms with E-state index in [0.717, 1.165) is 32.8 Å². The molecule has 0 fully saturated rings. The number of carbonyl (C=O) groups excluding carboxylic acids is 2. The Hall–Kier alpha value is -3.83. The van der Waals surface area contributed by atoms with Crippen LogP contribution in [0.2, 0.25) is 0 Å². The Morgan fingerprint density at radius 1 is 0.714 bits per heavy atom. The summed E-state index contributed by atoms with van der Waals surface area (Å²) in [7, 11) is 0. The van der Waals surface area contributed by atoms with Crippen LogP contribution >= 0.6 is 11.8 Å². The van der Waals surface area contributed by atoms with Crippen LogP contribution in [0.5, 0.6) is 0 Å². The van der Waals surface area contributed by atoms with Gasteiger partial charge in [-0.3, -0.25) is 9.59 Å². The fraction of sp³-hybridized carbons (Fsp3) is 0.133. The molecule has 2 amide bonds. The van der Waals surface area contributed by atoms with E-state index in [2.05, 4.69) is 10.6 Å². The Balaban J connectivity index is 1.57. The summed E-state index contributed by atoms with van der Waals surface area (Å²) >= 11 is 1.46. The number of rotatable bonds is 7. The van der Waals surface area contributed by atoms with E-state index in [0.29, 0.717) is 11.3 Å². The fourth-order valence-electron chi connectivity index (χ4n) is 3.78. The zero-order valence-corrected chi connectivity index (χ0v) is 20.9. The van der Waals surface area contributed by atoms with E-state index in [-0.39, 0.29) is 11.8 Å². The smallest absolute Gasteiger partial charge is 0.255 e. The van der Waals surface area contributed by atoms with Crippen molar-refractivity contribution in [2.75, 3.05) is 10.6 Å². The molecule has 0 radical (unpaired) electrons. The second-order valence-corrected chi connectivity index (χ2v) is 9.69. The zero-order chi connectivity index (χ0) is 24.8. The second kappa shape index (κ2) is 11.1. The van der Waals surface area contributed by atoms with Gasteiger partial charge in [0.25, 0.3) is 5.91 Å². The van der Waals surface area contributed by atoms with Gasteiger partial charge < -0.3 is 10.6 Å². The van der Waals surface area contributed by atoms with Gasteiger partial charge in [0.1, 0.15) is 5.25 Å². The van der Waals surface area contributed by atoms with E-state index in [4.69, 9.17) is 0 Å². The number of carbonyl (C=O) groups is 2. The van der Waals surface area contributed by atoms with Gasteiger partial charge in [0.15, 0.2) is 0 Å². The van der Waals surface area contributed by atoms with Gasteiger partial charge in [0.2, 0.25) is 5.91 Å². The van der Waals surface area contributed by atoms with E-state index in [1.807, 2.05) is 118 Å². The number of hydrogen-bond donors (Lipinski definition) is 2. The van der Waals surface area contributed by atoms with Crippen LogP contribution in [-0.4, -0.2) is 11.8 Å². The molecule has 0 heterocycles. The predicted octanol–water partition coefficient (Wildman–Crippen LogP) is 7.34. The minimum Gasteiger partial charge on any atom is -0.325 e. The molecule has 0 spiro atoms. The molecular weight excluding hydrogens is 452 g/mol. The molecular formula is C30H28N2O2S. The zero-order valence-electron chi connectivity index (χ0n) is 20.0. The number of nitrogens with one attached hydrogen (secondary N) is 2. The van der Waals surface area contributed by atoms with Crippen molar-refractivity contribution in [2.45, 2.75) is 30.9 Å². The average Bonchev–Trinajstić information content (AvgIpc) is 2.85. The summed E-state index contributed by atoms with van der Waals surface area (Å²) in [4.78, 5) is 27.1. The van der Waals surface area contributed by atoms with Crippen molar-refractivity contribution in [3.05, 3.63) is 125 Å². The molecule has 176 valence electrons. The van der Waals surface area contributed by atoms with Crippen molar-refractivity contribution >= 4 is 35.0 Å². The van der Waals surface area contributed by atoms with Crippen LogP contribution in [0, 0.1) is 20.8 Å². The van der Waals surface area contributed by atoms with Crippen LogP contribution in [0.1, 0.15) is 37.9 Å². The van der Waals surface area contributed by atoms with E-state index in [1.54, 1.807) is 0 Å². The molecule has 2 N–H and O–H groups in total. The molecule has 0 bridgehead atoms. The average molecular weight is 481 g/mol. The van der Waals surface area contributed by atoms with Crippen LogP contribution in [-0.2, 0) is 4.79 Å². The monoisotopic (exact) mass is 480 g/mol. The van der Waals surface area contributed by atoms with Crippen molar-refractivity contribution in [1.82, 2.24) is 0 Å². The van der Waals surface area contributed by atoms with Gasteiger partial charge in [-0.25, -0.2) is 0 Å². The molecule has 4 aromatic rings. The number of amides is 2. The van der Waals surface area contributed by atoms with Crippen LogP contribution in [0.25, 0.3) is 0 Å². The highest BCUT2D eigenvalue weighted by Crippen LogP contribution is 2.37. The Kier molecular flexibility index (Phi) is 7.68. The Morgan fingerprint density at radius 2 is 1.46 bits per heavy atom. The maximum Gasteiger partial charge on any atom is 0.255 e. The summed E-state index contributed by atoms with van der Waals surface area (Å²) in [5.41, 5.74) is 6.08. The number of hydrogen-bond acceptors (Lipinski definition) is 3. The molecule has 35 heavy (non-hydrogen) atoms. The SMILES string of the molecule is Cc1ccc(C)c(NC(=O)C(Sc2cccc(NC(=O)c3ccccc3C)c2)c2ccccc2)c1. The first-order valence-electron chi connectivity index (χ1n) is 11.5. The molecule has 0 aliphatic rings. The fourth-order valence-corrected chi connectivity index (χ4v) is 4.86. The normalized spacial score (nSPS) is 11.5. The molecule has 0 saturated heterocycles. The molecule has 1 atom stereocenters. The summed E-state index contributed by atoms with van der Waals surface area (Å²) in [6.45, 7) is 5.91. The highest BCUT2D eigenvalue weighted by atomic mass is 32.2. The topological polar surface area (TPSA) is 58.2 Å². The summed E-state index contributed by atoms with van der Waals surface area (Å²) in [5.74, 6) is -0.248. The third-order valence-corrected chi connectivity index (χ3v) is 6.97. The summed E-state index contributed by atoms with van der Waals surface area (Å²) in [6.07, 6.45) is 0. The van der Waals surface area contributed by atoms with Gasteiger partial charge in [-0.2, -0.15) is 0 Å². The Labute approximate surface area is 210 Å². The standard InChI is InChI=1S/C30H28N2O2S/c1-20-16-17-22(3)27(18-20)32-30(34)28(23-11-5-4-6-12-23)35-25-14-9-13-24(19-25)31-29(33)26-15-8-7-10-21(26)2/h4-19,28H,1-3H3,(H,31,33)(H,32,34). The minimum atomic E-state index is -0.460. The third kappa shape index (κ3) is 6.19. The first-order chi connectivity index (χ1) is 16.9. The van der Waals surface area contributed by atoms with Crippen LogP contribution in [0.4, 0.5) is 11.4 Å². The van der Waals surface area contributed by atoms with Gasteiger partial charge >= 0.3 is 0 Å². The second-order valence-electron chi connectivity index (χ2n) is 8.51. The number of anilines is 2. The van der Waals surface area contributed by atoms with Gasteiger partial charge in [-0.05, 0) is 73.4 Å². The Morgan fingerprint density at radius 3 is 2.23 bits per heavy atom. The largest absolute Gasteiger partial charge is 0.325 e. The van der Waals surface area contributed by atoms with E-state index in [9.17, 15) is 9.59 Å². The maximum atomic E-state index is 13.5. The molecule has 0 aliphatic heterocycles.